The normalized spacial score (nSPS) is 29.4. The number of carbonyl (C=O) groups excluding carboxylic acids is 5. The maximum atomic E-state index is 14.3. The smallest absolute Gasteiger partial charge is 0.408 e. The van der Waals surface area contributed by atoms with E-state index >= 15 is 0 Å². The van der Waals surface area contributed by atoms with E-state index in [-0.39, 0.29) is 41.1 Å². The summed E-state index contributed by atoms with van der Waals surface area (Å²) in [6.07, 6.45) is 12.3. The van der Waals surface area contributed by atoms with Crippen molar-refractivity contribution in [3.63, 3.8) is 0 Å². The number of ether oxygens (including phenoxy) is 1. The number of nitrogens with zero attached hydrogens (tertiary/aromatic N) is 1. The molecular formula is C31H48N4O6. The van der Waals surface area contributed by atoms with Gasteiger partial charge in [-0.1, -0.05) is 58.8 Å². The van der Waals surface area contributed by atoms with Crippen molar-refractivity contribution in [2.45, 2.75) is 128 Å². The second-order valence-corrected chi connectivity index (χ2v) is 13.9. The van der Waals surface area contributed by atoms with E-state index in [0.717, 1.165) is 83.5 Å². The molecule has 228 valence electrons. The zero-order valence-electron chi connectivity index (χ0n) is 24.7. The van der Waals surface area contributed by atoms with Crippen molar-refractivity contribution in [3.05, 3.63) is 0 Å². The molecular weight excluding hydrogens is 524 g/mol. The Morgan fingerprint density at radius 1 is 0.878 bits per heavy atom. The van der Waals surface area contributed by atoms with E-state index in [1.54, 1.807) is 4.90 Å². The van der Waals surface area contributed by atoms with Crippen LogP contribution in [0.2, 0.25) is 0 Å². The molecule has 4 aliphatic carbocycles. The van der Waals surface area contributed by atoms with Crippen LogP contribution in [0.4, 0.5) is 4.79 Å². The molecule has 5 fully saturated rings. The van der Waals surface area contributed by atoms with Gasteiger partial charge in [0, 0.05) is 6.54 Å². The minimum atomic E-state index is -1.06. The highest BCUT2D eigenvalue weighted by Gasteiger charge is 2.69. The van der Waals surface area contributed by atoms with E-state index in [1.165, 1.54) is 0 Å². The lowest BCUT2D eigenvalue weighted by Crippen LogP contribution is -2.59. The van der Waals surface area contributed by atoms with Gasteiger partial charge in [-0.05, 0) is 74.0 Å². The van der Waals surface area contributed by atoms with Crippen molar-refractivity contribution in [3.8, 4) is 0 Å². The van der Waals surface area contributed by atoms with Crippen molar-refractivity contribution in [2.75, 3.05) is 6.54 Å². The fourth-order valence-corrected chi connectivity index (χ4v) is 8.06. The van der Waals surface area contributed by atoms with Crippen molar-refractivity contribution >= 4 is 29.6 Å². The molecule has 1 heterocycles. The molecule has 0 aromatic heterocycles. The number of hydrogen-bond acceptors (Lipinski definition) is 6. The predicted octanol–water partition coefficient (Wildman–Crippen LogP) is 3.21. The maximum absolute atomic E-state index is 14.3. The van der Waals surface area contributed by atoms with Gasteiger partial charge in [-0.15, -0.1) is 0 Å². The maximum Gasteiger partial charge on any atom is 0.408 e. The van der Waals surface area contributed by atoms with Gasteiger partial charge in [0.1, 0.15) is 18.2 Å². The first-order chi connectivity index (χ1) is 19.6. The number of rotatable bonds is 10. The number of nitrogens with one attached hydrogen (secondary N) is 2. The molecule has 0 aromatic rings. The first-order valence-corrected chi connectivity index (χ1v) is 16.0. The van der Waals surface area contributed by atoms with Crippen LogP contribution in [-0.2, 0) is 23.9 Å². The number of fused-ring (bicyclic) bond motifs is 1. The Bertz CT molecular complexity index is 1030. The SMILES string of the molecule is CC1(C)[C@H]2[C@@H](C(=O)NC(CC3CCC3)C(=O)C(N)=O)N(C(=O)[C@@H](NC(=O)OC3CCCCC3)C3CCCCC3)C[C@H]21. The number of nitrogens with two attached hydrogens (primary N) is 1. The van der Waals surface area contributed by atoms with Crippen LogP contribution in [0, 0.1) is 29.1 Å². The van der Waals surface area contributed by atoms with E-state index in [1.807, 2.05) is 0 Å². The Hall–Kier alpha value is -2.65. The highest BCUT2D eigenvalue weighted by Crippen LogP contribution is 2.65. The van der Waals surface area contributed by atoms with Crippen LogP contribution in [-0.4, -0.2) is 65.3 Å². The van der Waals surface area contributed by atoms with E-state index in [2.05, 4.69) is 24.5 Å². The number of hydrogen-bond donors (Lipinski definition) is 3. The van der Waals surface area contributed by atoms with Crippen LogP contribution < -0.4 is 16.4 Å². The minimum absolute atomic E-state index is 0.0217. The van der Waals surface area contributed by atoms with Gasteiger partial charge in [-0.3, -0.25) is 19.2 Å². The number of ketones is 1. The van der Waals surface area contributed by atoms with Crippen LogP contribution in [0.5, 0.6) is 0 Å². The summed E-state index contributed by atoms with van der Waals surface area (Å²) in [6.45, 7) is 4.63. The Balaban J connectivity index is 1.33. The Labute approximate surface area is 243 Å². The summed E-state index contributed by atoms with van der Waals surface area (Å²) in [7, 11) is 0. The fourth-order valence-electron chi connectivity index (χ4n) is 8.06. The second-order valence-electron chi connectivity index (χ2n) is 13.9. The predicted molar refractivity (Wildman–Crippen MR) is 151 cm³/mol. The Morgan fingerprint density at radius 2 is 1.51 bits per heavy atom. The van der Waals surface area contributed by atoms with Crippen molar-refractivity contribution in [1.29, 1.82) is 0 Å². The Kier molecular flexibility index (Phi) is 8.95. The molecule has 5 aliphatic rings. The third-order valence-electron chi connectivity index (χ3n) is 10.9. The first kappa shape index (κ1) is 29.8. The van der Waals surface area contributed by atoms with Gasteiger partial charge in [0.05, 0.1) is 6.04 Å². The average Bonchev–Trinajstić information content (AvgIpc) is 3.25. The van der Waals surface area contributed by atoms with E-state index in [9.17, 15) is 24.0 Å². The van der Waals surface area contributed by atoms with Crippen LogP contribution in [0.15, 0.2) is 0 Å². The minimum Gasteiger partial charge on any atom is -0.446 e. The van der Waals surface area contributed by atoms with Crippen LogP contribution >= 0.6 is 0 Å². The molecule has 5 atom stereocenters. The first-order valence-electron chi connectivity index (χ1n) is 16.0. The molecule has 5 rings (SSSR count). The van der Waals surface area contributed by atoms with E-state index in [0.29, 0.717) is 13.0 Å². The van der Waals surface area contributed by atoms with Crippen LogP contribution in [0.3, 0.4) is 0 Å². The number of likely N-dealkylation sites (tertiary alicyclic amines) is 1. The topological polar surface area (TPSA) is 148 Å². The molecule has 0 spiro atoms. The van der Waals surface area contributed by atoms with Crippen LogP contribution in [0.25, 0.3) is 0 Å². The van der Waals surface area contributed by atoms with Gasteiger partial charge in [-0.25, -0.2) is 4.79 Å². The van der Waals surface area contributed by atoms with Gasteiger partial charge < -0.3 is 26.0 Å². The molecule has 4 N–H and O–H groups in total. The molecule has 1 unspecified atom stereocenters. The molecule has 10 heteroatoms. The van der Waals surface area contributed by atoms with Gasteiger partial charge in [0.2, 0.25) is 17.6 Å². The van der Waals surface area contributed by atoms with Crippen molar-refractivity contribution in [2.24, 2.45) is 34.8 Å². The number of primary amides is 1. The zero-order chi connectivity index (χ0) is 29.3. The summed E-state index contributed by atoms with van der Waals surface area (Å²) in [5, 5.41) is 5.77. The number of carbonyl (C=O) groups is 5. The summed E-state index contributed by atoms with van der Waals surface area (Å²) in [6, 6.07) is -2.52. The highest BCUT2D eigenvalue weighted by molar-refractivity contribution is 6.37. The lowest BCUT2D eigenvalue weighted by molar-refractivity contribution is -0.144. The summed E-state index contributed by atoms with van der Waals surface area (Å²) in [5.41, 5.74) is 5.21. The van der Waals surface area contributed by atoms with Gasteiger partial charge >= 0.3 is 6.09 Å². The van der Waals surface area contributed by atoms with Crippen LogP contribution in [0.1, 0.15) is 104 Å². The Morgan fingerprint density at radius 3 is 2.10 bits per heavy atom. The van der Waals surface area contributed by atoms with Gasteiger partial charge in [0.15, 0.2) is 0 Å². The number of piperidine rings is 1. The fraction of sp³-hybridized carbons (Fsp3) is 0.839. The quantitative estimate of drug-likeness (QED) is 0.343. The number of alkyl carbamates (subject to hydrolysis) is 1. The third-order valence-corrected chi connectivity index (χ3v) is 10.9. The lowest BCUT2D eigenvalue weighted by atomic mass is 9.80. The molecule has 0 radical (unpaired) electrons. The molecule has 4 saturated carbocycles. The largest absolute Gasteiger partial charge is 0.446 e. The summed E-state index contributed by atoms with van der Waals surface area (Å²) in [4.78, 5) is 67.3. The monoisotopic (exact) mass is 572 g/mol. The van der Waals surface area contributed by atoms with Crippen molar-refractivity contribution in [1.82, 2.24) is 15.5 Å². The number of amides is 4. The number of Topliss-reactive ketones (excluding diaryl/α,β-unsaturated/α-hetero) is 1. The average molecular weight is 573 g/mol. The highest BCUT2D eigenvalue weighted by atomic mass is 16.6. The third kappa shape index (κ3) is 6.41. The van der Waals surface area contributed by atoms with Gasteiger partial charge in [-0.2, -0.15) is 0 Å². The molecule has 1 aliphatic heterocycles. The zero-order valence-corrected chi connectivity index (χ0v) is 24.7. The molecule has 10 nitrogen and oxygen atoms in total. The van der Waals surface area contributed by atoms with Crippen molar-refractivity contribution < 1.29 is 28.7 Å². The molecule has 0 bridgehead atoms. The van der Waals surface area contributed by atoms with E-state index in [4.69, 9.17) is 10.5 Å². The molecule has 41 heavy (non-hydrogen) atoms. The standard InChI is InChI=1S/C31H48N4O6/c1-31(2)21-17-35(25(23(21)31)28(38)33-22(26(36)27(32)37)16-18-10-9-11-18)29(39)24(19-12-5-3-6-13-19)34-30(40)41-20-14-7-4-8-15-20/h18-25H,3-17H2,1-2H3,(H2,32,37)(H,33,38)(H,34,40)/t21-,22?,23-,24+,25+/m1/s1. The summed E-state index contributed by atoms with van der Waals surface area (Å²) >= 11 is 0. The van der Waals surface area contributed by atoms with Gasteiger partial charge in [0.25, 0.3) is 5.91 Å². The molecule has 0 aromatic carbocycles. The summed E-state index contributed by atoms with van der Waals surface area (Å²) in [5.74, 6) is -2.17. The molecule has 4 amide bonds. The van der Waals surface area contributed by atoms with E-state index < -0.39 is 41.8 Å². The lowest BCUT2D eigenvalue weighted by Gasteiger charge is -2.37. The molecule has 1 saturated heterocycles. The summed E-state index contributed by atoms with van der Waals surface area (Å²) < 4.78 is 5.74. The second kappa shape index (κ2) is 12.3.